The number of hydrogen-bond donors (Lipinski definition) is 0. The van der Waals surface area contributed by atoms with Crippen LogP contribution in [0.1, 0.15) is 11.1 Å². The molecule has 0 aliphatic carbocycles. The summed E-state index contributed by atoms with van der Waals surface area (Å²) < 4.78 is 59.3. The minimum atomic E-state index is -0.547. The smallest absolute Gasteiger partial charge is 0.137 e. The minimum absolute atomic E-state index is 0.0624. The van der Waals surface area contributed by atoms with Gasteiger partial charge in [0.15, 0.2) is 0 Å². The highest BCUT2D eigenvalue weighted by molar-refractivity contribution is 9.10. The van der Waals surface area contributed by atoms with Crippen molar-refractivity contribution in [3.63, 3.8) is 0 Å². The number of hydrogen-bond acceptors (Lipinski definition) is 1. The predicted molar refractivity (Wildman–Crippen MR) is 86.3 cm³/mol. The summed E-state index contributed by atoms with van der Waals surface area (Å²) in [5.74, 6) is -2.14. The van der Waals surface area contributed by atoms with Crippen molar-refractivity contribution in [1.29, 1.82) is 0 Å². The average molecular weight is 456 g/mol. The maximum Gasteiger partial charge on any atom is 0.137 e. The first kappa shape index (κ1) is 18.4. The molecule has 0 saturated heterocycles. The molecule has 0 radical (unpaired) electrons. The van der Waals surface area contributed by atoms with Crippen LogP contribution in [-0.4, -0.2) is 13.2 Å². The van der Waals surface area contributed by atoms with Crippen LogP contribution in [0.25, 0.3) is 0 Å². The zero-order chi connectivity index (χ0) is 17.0. The summed E-state index contributed by atoms with van der Waals surface area (Å²) in [4.78, 5) is 0. The molecule has 0 aliphatic rings. The van der Waals surface area contributed by atoms with Crippen LogP contribution in [0.15, 0.2) is 33.2 Å². The number of benzene rings is 2. The van der Waals surface area contributed by atoms with Crippen LogP contribution in [0.5, 0.6) is 0 Å². The SMILES string of the molecule is Fc1cc(CCOCCc2cc(F)c(Br)cc2F)c(F)cc1Br. The molecule has 0 aromatic heterocycles. The molecule has 0 amide bonds. The molecule has 0 spiro atoms. The Morgan fingerprint density at radius 3 is 1.43 bits per heavy atom. The highest BCUT2D eigenvalue weighted by atomic mass is 79.9. The first-order valence-corrected chi connectivity index (χ1v) is 8.31. The van der Waals surface area contributed by atoms with Gasteiger partial charge in [0.1, 0.15) is 23.3 Å². The van der Waals surface area contributed by atoms with Crippen molar-refractivity contribution in [2.45, 2.75) is 12.8 Å². The van der Waals surface area contributed by atoms with E-state index in [2.05, 4.69) is 31.9 Å². The Labute approximate surface area is 147 Å². The van der Waals surface area contributed by atoms with E-state index in [1.807, 2.05) is 0 Å². The van der Waals surface area contributed by atoms with Gasteiger partial charge in [0.05, 0.1) is 22.2 Å². The van der Waals surface area contributed by atoms with Gasteiger partial charge in [0.2, 0.25) is 0 Å². The Hall–Kier alpha value is -0.920. The van der Waals surface area contributed by atoms with Crippen molar-refractivity contribution in [3.05, 3.63) is 67.6 Å². The first-order valence-electron chi connectivity index (χ1n) is 6.73. The molecule has 23 heavy (non-hydrogen) atoms. The second-order valence-electron chi connectivity index (χ2n) is 4.83. The number of ether oxygens (including phenoxy) is 1. The van der Waals surface area contributed by atoms with Crippen molar-refractivity contribution in [3.8, 4) is 0 Å². The van der Waals surface area contributed by atoms with Crippen LogP contribution in [0, 0.1) is 23.3 Å². The van der Waals surface area contributed by atoms with Gasteiger partial charge in [0.25, 0.3) is 0 Å². The zero-order valence-electron chi connectivity index (χ0n) is 11.8. The van der Waals surface area contributed by atoms with Crippen molar-refractivity contribution in [2.24, 2.45) is 0 Å². The third kappa shape index (κ3) is 5.02. The summed E-state index contributed by atoms with van der Waals surface area (Å²) in [5, 5.41) is 0. The third-order valence-corrected chi connectivity index (χ3v) is 4.43. The largest absolute Gasteiger partial charge is 0.381 e. The highest BCUT2D eigenvalue weighted by Crippen LogP contribution is 2.21. The zero-order valence-corrected chi connectivity index (χ0v) is 15.0. The normalized spacial score (nSPS) is 11.0. The van der Waals surface area contributed by atoms with Crippen LogP contribution < -0.4 is 0 Å². The van der Waals surface area contributed by atoms with E-state index in [9.17, 15) is 17.6 Å². The van der Waals surface area contributed by atoms with E-state index in [1.54, 1.807) is 0 Å². The van der Waals surface area contributed by atoms with E-state index in [1.165, 1.54) is 0 Å². The molecule has 2 aromatic rings. The standard InChI is InChI=1S/C16H12Br2F4O/c17-11-7-13(19)9(5-15(11)21)1-3-23-4-2-10-6-16(22)12(18)8-14(10)20/h5-8H,1-4H2. The van der Waals surface area contributed by atoms with Gasteiger partial charge in [-0.05, 0) is 80.1 Å². The molecule has 0 bridgehead atoms. The second-order valence-corrected chi connectivity index (χ2v) is 6.54. The molecule has 0 atom stereocenters. The molecule has 1 nitrogen and oxygen atoms in total. The van der Waals surface area contributed by atoms with Gasteiger partial charge in [-0.3, -0.25) is 0 Å². The van der Waals surface area contributed by atoms with Crippen LogP contribution in [0.4, 0.5) is 17.6 Å². The summed E-state index contributed by atoms with van der Waals surface area (Å²) >= 11 is 5.80. The first-order chi connectivity index (χ1) is 10.9. The predicted octanol–water partition coefficient (Wildman–Crippen LogP) is 5.57. The third-order valence-electron chi connectivity index (χ3n) is 3.21. The molecular formula is C16H12Br2F4O. The summed E-state index contributed by atoms with van der Waals surface area (Å²) in [7, 11) is 0. The van der Waals surface area contributed by atoms with Gasteiger partial charge < -0.3 is 4.74 Å². The molecule has 0 fully saturated rings. The van der Waals surface area contributed by atoms with Crippen LogP contribution >= 0.6 is 31.9 Å². The Bertz CT molecular complexity index is 647. The van der Waals surface area contributed by atoms with Gasteiger partial charge in [-0.15, -0.1) is 0 Å². The van der Waals surface area contributed by atoms with Gasteiger partial charge >= 0.3 is 0 Å². The Kier molecular flexibility index (Phi) is 6.61. The Morgan fingerprint density at radius 1 is 0.652 bits per heavy atom. The van der Waals surface area contributed by atoms with E-state index in [0.29, 0.717) is 0 Å². The average Bonchev–Trinajstić information content (AvgIpc) is 2.49. The fraction of sp³-hybridized carbons (Fsp3) is 0.250. The molecule has 7 heteroatoms. The molecule has 124 valence electrons. The van der Waals surface area contributed by atoms with Crippen molar-refractivity contribution in [1.82, 2.24) is 0 Å². The van der Waals surface area contributed by atoms with Gasteiger partial charge in [0, 0.05) is 0 Å². The molecular weight excluding hydrogens is 444 g/mol. The lowest BCUT2D eigenvalue weighted by Crippen LogP contribution is -2.06. The minimum Gasteiger partial charge on any atom is -0.381 e. The molecule has 2 rings (SSSR count). The van der Waals surface area contributed by atoms with E-state index in [-0.39, 0.29) is 46.1 Å². The molecule has 0 N–H and O–H groups in total. The fourth-order valence-electron chi connectivity index (χ4n) is 1.98. The van der Waals surface area contributed by atoms with Crippen molar-refractivity contribution >= 4 is 31.9 Å². The highest BCUT2D eigenvalue weighted by Gasteiger charge is 2.10. The second kappa shape index (κ2) is 8.26. The number of halogens is 6. The summed E-state index contributed by atoms with van der Waals surface area (Å²) in [6, 6.07) is 4.33. The van der Waals surface area contributed by atoms with Crippen LogP contribution in [-0.2, 0) is 17.6 Å². The van der Waals surface area contributed by atoms with E-state index in [0.717, 1.165) is 24.3 Å². The quantitative estimate of drug-likeness (QED) is 0.314. The molecule has 0 unspecified atom stereocenters. The maximum atomic E-state index is 13.6. The van der Waals surface area contributed by atoms with Crippen molar-refractivity contribution in [2.75, 3.05) is 13.2 Å². The summed E-state index contributed by atoms with van der Waals surface area (Å²) in [6.07, 6.45) is 0.375. The van der Waals surface area contributed by atoms with Crippen LogP contribution in [0.3, 0.4) is 0 Å². The van der Waals surface area contributed by atoms with E-state index < -0.39 is 23.3 Å². The summed E-state index contributed by atoms with van der Waals surface area (Å²) in [6.45, 7) is 0.303. The van der Waals surface area contributed by atoms with Crippen molar-refractivity contribution < 1.29 is 22.3 Å². The lowest BCUT2D eigenvalue weighted by molar-refractivity contribution is 0.139. The molecule has 2 aromatic carbocycles. The Morgan fingerprint density at radius 2 is 1.04 bits per heavy atom. The van der Waals surface area contributed by atoms with Gasteiger partial charge in [-0.2, -0.15) is 0 Å². The fourth-order valence-corrected chi connectivity index (χ4v) is 2.61. The maximum absolute atomic E-state index is 13.6. The topological polar surface area (TPSA) is 9.23 Å². The number of rotatable bonds is 6. The molecule has 0 saturated carbocycles. The van der Waals surface area contributed by atoms with E-state index >= 15 is 0 Å². The Balaban J connectivity index is 1.83. The summed E-state index contributed by atoms with van der Waals surface area (Å²) in [5.41, 5.74) is 0.401. The van der Waals surface area contributed by atoms with Gasteiger partial charge in [-0.1, -0.05) is 0 Å². The molecule has 0 heterocycles. The van der Waals surface area contributed by atoms with Gasteiger partial charge in [-0.25, -0.2) is 17.6 Å². The molecule has 0 aliphatic heterocycles. The monoisotopic (exact) mass is 454 g/mol. The lowest BCUT2D eigenvalue weighted by atomic mass is 10.1. The van der Waals surface area contributed by atoms with Crippen LogP contribution in [0.2, 0.25) is 0 Å². The lowest BCUT2D eigenvalue weighted by Gasteiger charge is -2.08. The van der Waals surface area contributed by atoms with E-state index in [4.69, 9.17) is 4.74 Å².